The number of benzene rings is 2. The van der Waals surface area contributed by atoms with Gasteiger partial charge in [0.05, 0.1) is 18.8 Å². The molecule has 0 saturated carbocycles. The number of Topliss-reactive ketones (excluding diaryl/α,β-unsaturated/α-hetero) is 1. The molecule has 27 heavy (non-hydrogen) atoms. The van der Waals surface area contributed by atoms with E-state index >= 15 is 0 Å². The molecular weight excluding hydrogens is 362 g/mol. The number of carbonyl (C=O) groups is 2. The molecule has 0 aromatic heterocycles. The number of ketones is 1. The molecule has 2 amide bonds. The summed E-state index contributed by atoms with van der Waals surface area (Å²) < 4.78 is 8.41. The molecule has 0 aliphatic carbocycles. The number of para-hydroxylation sites is 1. The van der Waals surface area contributed by atoms with Gasteiger partial charge in [-0.15, -0.1) is 0 Å². The van der Waals surface area contributed by atoms with E-state index in [-0.39, 0.29) is 24.3 Å². The van der Waals surface area contributed by atoms with E-state index < -0.39 is 0 Å². The van der Waals surface area contributed by atoms with Gasteiger partial charge in [-0.2, -0.15) is 0 Å². The predicted octanol–water partition coefficient (Wildman–Crippen LogP) is 3.89. The highest BCUT2D eigenvalue weighted by molar-refractivity contribution is 8.00. The molecule has 0 spiro atoms. The molecule has 1 atom stereocenters. The number of carbonyl (C=O) groups excluding carboxylic acids is 2. The summed E-state index contributed by atoms with van der Waals surface area (Å²) in [7, 11) is 1.53. The molecule has 7 heteroatoms. The van der Waals surface area contributed by atoms with Crippen molar-refractivity contribution in [1.29, 1.82) is 0 Å². The Morgan fingerprint density at radius 2 is 1.93 bits per heavy atom. The molecule has 2 aromatic carbocycles. The highest BCUT2D eigenvalue weighted by atomic mass is 32.2. The molecule has 0 fully saturated rings. The fourth-order valence-electron chi connectivity index (χ4n) is 2.69. The van der Waals surface area contributed by atoms with E-state index in [1.807, 2.05) is 48.7 Å². The van der Waals surface area contributed by atoms with Gasteiger partial charge in [0.2, 0.25) is 0 Å². The Morgan fingerprint density at radius 1 is 1.15 bits per heavy atom. The summed E-state index contributed by atoms with van der Waals surface area (Å²) in [5.74, 6) is 0.584. The minimum Gasteiger partial charge on any atom is -0.495 e. The van der Waals surface area contributed by atoms with Gasteiger partial charge in [0.15, 0.2) is 5.78 Å². The van der Waals surface area contributed by atoms with Gasteiger partial charge < -0.3 is 15.4 Å². The van der Waals surface area contributed by atoms with Crippen LogP contribution in [0.5, 0.6) is 5.75 Å². The molecule has 1 unspecified atom stereocenters. The molecule has 1 aliphatic rings. The Hall–Kier alpha value is -2.77. The molecule has 2 aromatic rings. The van der Waals surface area contributed by atoms with Crippen molar-refractivity contribution in [1.82, 2.24) is 4.72 Å². The molecule has 1 heterocycles. The molecule has 0 saturated heterocycles. The summed E-state index contributed by atoms with van der Waals surface area (Å²) in [4.78, 5) is 24.6. The summed E-state index contributed by atoms with van der Waals surface area (Å²) in [6.45, 7) is 1.93. The number of hydrogen-bond acceptors (Lipinski definition) is 5. The molecule has 0 radical (unpaired) electrons. The van der Waals surface area contributed by atoms with Crippen molar-refractivity contribution in [2.75, 3.05) is 17.7 Å². The summed E-state index contributed by atoms with van der Waals surface area (Å²) in [6.07, 6.45) is 2.13. The van der Waals surface area contributed by atoms with Gasteiger partial charge in [-0.3, -0.25) is 4.79 Å². The summed E-state index contributed by atoms with van der Waals surface area (Å²) in [5.41, 5.74) is 3.08. The van der Waals surface area contributed by atoms with Crippen LogP contribution in [-0.2, 0) is 11.2 Å². The topological polar surface area (TPSA) is 79.5 Å². The van der Waals surface area contributed by atoms with Crippen LogP contribution >= 0.6 is 11.9 Å². The molecule has 6 nitrogen and oxygen atoms in total. The maximum Gasteiger partial charge on any atom is 0.323 e. The van der Waals surface area contributed by atoms with E-state index in [0.717, 1.165) is 16.8 Å². The Bertz CT molecular complexity index is 883. The number of anilines is 2. The zero-order chi connectivity index (χ0) is 19.2. The number of ether oxygens (including phenoxy) is 1. The fraction of sp³-hybridized carbons (Fsp3) is 0.200. The van der Waals surface area contributed by atoms with E-state index in [1.54, 1.807) is 12.1 Å². The molecule has 140 valence electrons. The van der Waals surface area contributed by atoms with Gasteiger partial charge in [0, 0.05) is 12.1 Å². The quantitative estimate of drug-likeness (QED) is 0.660. The van der Waals surface area contributed by atoms with E-state index in [0.29, 0.717) is 11.4 Å². The van der Waals surface area contributed by atoms with Crippen LogP contribution in [-0.4, -0.2) is 25.0 Å². The normalized spacial score (nSPS) is 15.4. The third kappa shape index (κ3) is 4.90. The number of urea groups is 1. The zero-order valence-corrected chi connectivity index (χ0v) is 15.9. The molecule has 3 N–H and O–H groups in total. The summed E-state index contributed by atoms with van der Waals surface area (Å²) in [6, 6.07) is 12.2. The highest BCUT2D eigenvalue weighted by Crippen LogP contribution is 2.27. The summed E-state index contributed by atoms with van der Waals surface area (Å²) >= 11 is 1.41. The minimum atomic E-state index is -0.358. The third-order valence-corrected chi connectivity index (χ3v) is 4.85. The standard InChI is InChI=1S/C20H21N3O3S/c1-13-5-3-4-6-15(13)21-20(25)22-17-8-7-14(12-19(17)26-2)11-18(24)16-9-10-27-23-16/h3-10,12,16,23H,11H2,1-2H3,(H2,21,22,25). The van der Waals surface area contributed by atoms with E-state index in [1.165, 1.54) is 19.1 Å². The maximum atomic E-state index is 12.3. The molecule has 1 aliphatic heterocycles. The first-order chi connectivity index (χ1) is 13.1. The Morgan fingerprint density at radius 3 is 2.63 bits per heavy atom. The van der Waals surface area contributed by atoms with Crippen LogP contribution in [0.1, 0.15) is 11.1 Å². The average Bonchev–Trinajstić information content (AvgIpc) is 3.20. The number of amides is 2. The minimum absolute atomic E-state index is 0.0799. The van der Waals surface area contributed by atoms with Crippen LogP contribution in [0.15, 0.2) is 53.9 Å². The Kier molecular flexibility index (Phi) is 6.16. The number of hydrogen-bond donors (Lipinski definition) is 3. The lowest BCUT2D eigenvalue weighted by Gasteiger charge is -2.14. The van der Waals surface area contributed by atoms with E-state index in [4.69, 9.17) is 4.74 Å². The number of aryl methyl sites for hydroxylation is 1. The van der Waals surface area contributed by atoms with Crippen molar-refractivity contribution in [3.63, 3.8) is 0 Å². The van der Waals surface area contributed by atoms with Crippen molar-refractivity contribution in [3.8, 4) is 5.75 Å². The number of methoxy groups -OCH3 is 1. The highest BCUT2D eigenvalue weighted by Gasteiger charge is 2.19. The SMILES string of the molecule is COc1cc(CC(=O)C2C=CSN2)ccc1NC(=O)Nc1ccccc1C. The van der Waals surface area contributed by atoms with Gasteiger partial charge in [0.1, 0.15) is 5.75 Å². The second-order valence-corrected chi connectivity index (χ2v) is 6.86. The lowest BCUT2D eigenvalue weighted by molar-refractivity contribution is -0.118. The van der Waals surface area contributed by atoms with Gasteiger partial charge >= 0.3 is 6.03 Å². The lowest BCUT2D eigenvalue weighted by atomic mass is 10.0. The first kappa shape index (κ1) is 19.0. The van der Waals surface area contributed by atoms with Crippen molar-refractivity contribution in [2.24, 2.45) is 0 Å². The molecule has 0 bridgehead atoms. The van der Waals surface area contributed by atoms with Crippen molar-refractivity contribution in [3.05, 3.63) is 65.1 Å². The van der Waals surface area contributed by atoms with E-state index in [2.05, 4.69) is 15.4 Å². The molecule has 3 rings (SSSR count). The van der Waals surface area contributed by atoms with Gasteiger partial charge in [0.25, 0.3) is 0 Å². The summed E-state index contributed by atoms with van der Waals surface area (Å²) in [5, 5.41) is 7.47. The van der Waals surface area contributed by atoms with Crippen LogP contribution in [0.25, 0.3) is 0 Å². The average molecular weight is 383 g/mol. The largest absolute Gasteiger partial charge is 0.495 e. The number of rotatable bonds is 6. The van der Waals surface area contributed by atoms with Crippen LogP contribution in [0.2, 0.25) is 0 Å². The smallest absolute Gasteiger partial charge is 0.323 e. The van der Waals surface area contributed by atoms with Gasteiger partial charge in [-0.25, -0.2) is 9.52 Å². The Balaban J connectivity index is 1.67. The predicted molar refractivity (Wildman–Crippen MR) is 109 cm³/mol. The zero-order valence-electron chi connectivity index (χ0n) is 15.1. The fourth-order valence-corrected chi connectivity index (χ4v) is 3.36. The second-order valence-electron chi connectivity index (χ2n) is 6.11. The third-order valence-electron chi connectivity index (χ3n) is 4.17. The van der Waals surface area contributed by atoms with Crippen LogP contribution in [0.3, 0.4) is 0 Å². The monoisotopic (exact) mass is 383 g/mol. The van der Waals surface area contributed by atoms with Crippen LogP contribution < -0.4 is 20.1 Å². The van der Waals surface area contributed by atoms with E-state index in [9.17, 15) is 9.59 Å². The van der Waals surface area contributed by atoms with Crippen LogP contribution in [0.4, 0.5) is 16.2 Å². The van der Waals surface area contributed by atoms with Crippen molar-refractivity contribution >= 4 is 35.1 Å². The first-order valence-corrected chi connectivity index (χ1v) is 9.36. The van der Waals surface area contributed by atoms with Crippen molar-refractivity contribution < 1.29 is 14.3 Å². The van der Waals surface area contributed by atoms with Crippen molar-refractivity contribution in [2.45, 2.75) is 19.4 Å². The van der Waals surface area contributed by atoms with Gasteiger partial charge in [-0.1, -0.05) is 42.3 Å². The molecular formula is C20H21N3O3S. The maximum absolute atomic E-state index is 12.3. The lowest BCUT2D eigenvalue weighted by Crippen LogP contribution is -2.28. The first-order valence-electron chi connectivity index (χ1n) is 8.48. The second kappa shape index (κ2) is 8.75. The van der Waals surface area contributed by atoms with Crippen LogP contribution in [0, 0.1) is 6.92 Å². The van der Waals surface area contributed by atoms with Gasteiger partial charge in [-0.05, 0) is 41.7 Å². The Labute approximate surface area is 162 Å². The number of nitrogens with one attached hydrogen (secondary N) is 3.